The summed E-state index contributed by atoms with van der Waals surface area (Å²) in [4.78, 5) is 0. The van der Waals surface area contributed by atoms with E-state index in [1.54, 1.807) is 6.07 Å². The number of fused-ring (bicyclic) bond motifs is 1. The molecule has 0 spiro atoms. The van der Waals surface area contributed by atoms with Gasteiger partial charge in [-0.1, -0.05) is 23.2 Å². The Hall–Kier alpha value is -0.620. The Labute approximate surface area is 125 Å². The van der Waals surface area contributed by atoms with Crippen LogP contribution in [0, 0.1) is 5.92 Å². The van der Waals surface area contributed by atoms with Gasteiger partial charge < -0.3 is 10.1 Å². The molecular weight excluding hydrogens is 305 g/mol. The van der Waals surface area contributed by atoms with Gasteiger partial charge in [-0.25, -0.2) is 0 Å². The number of hydrogen-bond acceptors (Lipinski definition) is 5. The Bertz CT molecular complexity index is 584. The van der Waals surface area contributed by atoms with Crippen LogP contribution in [0.5, 0.6) is 0 Å². The first-order valence-corrected chi connectivity index (χ1v) is 7.66. The molecule has 1 saturated heterocycles. The van der Waals surface area contributed by atoms with Gasteiger partial charge in [0, 0.05) is 19.8 Å². The zero-order valence-corrected chi connectivity index (χ0v) is 12.5. The van der Waals surface area contributed by atoms with Crippen LogP contribution in [-0.2, 0) is 4.74 Å². The zero-order chi connectivity index (χ0) is 13.2. The number of rotatable bonds is 3. The highest BCUT2D eigenvalue weighted by Crippen LogP contribution is 2.35. The van der Waals surface area contributed by atoms with Crippen LogP contribution in [0.25, 0.3) is 11.0 Å². The van der Waals surface area contributed by atoms with E-state index in [0.29, 0.717) is 21.5 Å². The maximum Gasteiger partial charge on any atom is 0.130 e. The molecule has 2 aromatic rings. The minimum atomic E-state index is 0.547. The molecule has 0 bridgehead atoms. The van der Waals surface area contributed by atoms with E-state index in [0.717, 1.165) is 55.5 Å². The van der Waals surface area contributed by atoms with Gasteiger partial charge in [-0.3, -0.25) is 0 Å². The third-order valence-electron chi connectivity index (χ3n) is 3.35. The number of ether oxygens (including phenoxy) is 1. The Kier molecular flexibility index (Phi) is 4.07. The van der Waals surface area contributed by atoms with Crippen molar-refractivity contribution in [2.45, 2.75) is 12.8 Å². The van der Waals surface area contributed by atoms with Gasteiger partial charge in [0.1, 0.15) is 11.0 Å². The molecule has 0 atom stereocenters. The molecule has 1 N–H and O–H groups in total. The van der Waals surface area contributed by atoms with E-state index in [1.807, 2.05) is 0 Å². The Balaban J connectivity index is 1.81. The Morgan fingerprint density at radius 3 is 2.74 bits per heavy atom. The molecule has 19 heavy (non-hydrogen) atoms. The van der Waals surface area contributed by atoms with E-state index < -0.39 is 0 Å². The molecule has 1 aromatic heterocycles. The van der Waals surface area contributed by atoms with E-state index in [2.05, 4.69) is 14.1 Å². The largest absolute Gasteiger partial charge is 0.382 e. The standard InChI is InChI=1S/C12H13Cl2N3OS/c13-8-5-9(14)11-12(17-19-16-11)10(8)15-6-7-1-3-18-4-2-7/h5,7,15H,1-4,6H2. The lowest BCUT2D eigenvalue weighted by Gasteiger charge is -2.23. The highest BCUT2D eigenvalue weighted by molar-refractivity contribution is 7.00. The fraction of sp³-hybridized carbons (Fsp3) is 0.500. The van der Waals surface area contributed by atoms with Gasteiger partial charge in [0.25, 0.3) is 0 Å². The summed E-state index contributed by atoms with van der Waals surface area (Å²) >= 11 is 13.5. The van der Waals surface area contributed by atoms with E-state index in [-0.39, 0.29) is 0 Å². The molecule has 0 aliphatic carbocycles. The predicted molar refractivity (Wildman–Crippen MR) is 79.5 cm³/mol. The lowest BCUT2D eigenvalue weighted by molar-refractivity contribution is 0.0699. The normalized spacial score (nSPS) is 16.9. The molecule has 7 heteroatoms. The molecule has 2 heterocycles. The fourth-order valence-corrected chi connectivity index (χ4v) is 3.42. The van der Waals surface area contributed by atoms with Crippen molar-refractivity contribution < 1.29 is 4.74 Å². The summed E-state index contributed by atoms with van der Waals surface area (Å²) in [5.74, 6) is 0.613. The summed E-state index contributed by atoms with van der Waals surface area (Å²) in [5.41, 5.74) is 2.31. The molecule has 4 nitrogen and oxygen atoms in total. The fourth-order valence-electron chi connectivity index (χ4n) is 2.24. The van der Waals surface area contributed by atoms with Gasteiger partial charge in [0.2, 0.25) is 0 Å². The van der Waals surface area contributed by atoms with Crippen molar-refractivity contribution in [2.24, 2.45) is 5.92 Å². The van der Waals surface area contributed by atoms with Gasteiger partial charge >= 0.3 is 0 Å². The van der Waals surface area contributed by atoms with Crippen LogP contribution >= 0.6 is 34.9 Å². The smallest absolute Gasteiger partial charge is 0.130 e. The average molecular weight is 318 g/mol. The number of halogens is 2. The second-order valence-corrected chi connectivity index (χ2v) is 5.96. The topological polar surface area (TPSA) is 47.0 Å². The summed E-state index contributed by atoms with van der Waals surface area (Å²) in [5, 5.41) is 4.54. The summed E-state index contributed by atoms with van der Waals surface area (Å²) in [6.45, 7) is 2.56. The quantitative estimate of drug-likeness (QED) is 0.934. The van der Waals surface area contributed by atoms with Crippen molar-refractivity contribution in [1.29, 1.82) is 0 Å². The minimum Gasteiger partial charge on any atom is -0.382 e. The van der Waals surface area contributed by atoms with Crippen molar-refractivity contribution in [1.82, 2.24) is 8.75 Å². The van der Waals surface area contributed by atoms with Crippen LogP contribution in [0.15, 0.2) is 6.07 Å². The molecule has 1 aromatic carbocycles. The second-order valence-electron chi connectivity index (χ2n) is 4.61. The van der Waals surface area contributed by atoms with Gasteiger partial charge in [0.15, 0.2) is 0 Å². The Morgan fingerprint density at radius 2 is 1.95 bits per heavy atom. The SMILES string of the molecule is Clc1cc(Cl)c2nsnc2c1NCC1CCOCC1. The van der Waals surface area contributed by atoms with Crippen LogP contribution < -0.4 is 5.32 Å². The maximum atomic E-state index is 6.25. The first kappa shape index (κ1) is 13.4. The molecular formula is C12H13Cl2N3OS. The van der Waals surface area contributed by atoms with Crippen LogP contribution in [0.3, 0.4) is 0 Å². The van der Waals surface area contributed by atoms with E-state index in [1.165, 1.54) is 0 Å². The first-order valence-electron chi connectivity index (χ1n) is 6.17. The van der Waals surface area contributed by atoms with Gasteiger partial charge in [0.05, 0.1) is 27.5 Å². The predicted octanol–water partition coefficient (Wildman–Crippen LogP) is 3.84. The lowest BCUT2D eigenvalue weighted by Crippen LogP contribution is -2.22. The summed E-state index contributed by atoms with van der Waals surface area (Å²) < 4.78 is 13.8. The first-order chi connectivity index (χ1) is 9.25. The zero-order valence-electron chi connectivity index (χ0n) is 10.2. The highest BCUT2D eigenvalue weighted by atomic mass is 35.5. The number of benzene rings is 1. The number of aromatic nitrogens is 2. The summed E-state index contributed by atoms with van der Waals surface area (Å²) in [6, 6.07) is 1.72. The van der Waals surface area contributed by atoms with Crippen molar-refractivity contribution in [2.75, 3.05) is 25.1 Å². The van der Waals surface area contributed by atoms with Crippen molar-refractivity contribution >= 4 is 51.7 Å². The van der Waals surface area contributed by atoms with E-state index in [9.17, 15) is 0 Å². The number of nitrogens with zero attached hydrogens (tertiary/aromatic N) is 2. The van der Waals surface area contributed by atoms with E-state index in [4.69, 9.17) is 27.9 Å². The highest BCUT2D eigenvalue weighted by Gasteiger charge is 2.17. The molecule has 102 valence electrons. The number of hydrogen-bond donors (Lipinski definition) is 1. The molecule has 0 amide bonds. The minimum absolute atomic E-state index is 0.547. The van der Waals surface area contributed by atoms with Crippen molar-refractivity contribution in [3.63, 3.8) is 0 Å². The lowest BCUT2D eigenvalue weighted by atomic mass is 10.0. The molecule has 0 radical (unpaired) electrons. The monoisotopic (exact) mass is 317 g/mol. The van der Waals surface area contributed by atoms with Gasteiger partial charge in [-0.15, -0.1) is 0 Å². The third-order valence-corrected chi connectivity index (χ3v) is 4.47. The summed E-state index contributed by atoms with van der Waals surface area (Å²) in [6.07, 6.45) is 2.16. The molecule has 1 aliphatic heterocycles. The van der Waals surface area contributed by atoms with Crippen LogP contribution in [0.1, 0.15) is 12.8 Å². The molecule has 3 rings (SSSR count). The Morgan fingerprint density at radius 1 is 1.21 bits per heavy atom. The summed E-state index contributed by atoms with van der Waals surface area (Å²) in [7, 11) is 0. The molecule has 0 saturated carbocycles. The molecule has 1 aliphatic rings. The van der Waals surface area contributed by atoms with Crippen LogP contribution in [0.2, 0.25) is 10.0 Å². The number of anilines is 1. The van der Waals surface area contributed by atoms with Gasteiger partial charge in [-0.05, 0) is 24.8 Å². The van der Waals surface area contributed by atoms with Gasteiger partial charge in [-0.2, -0.15) is 8.75 Å². The third kappa shape index (κ3) is 2.79. The molecule has 1 fully saturated rings. The molecule has 0 unspecified atom stereocenters. The maximum absolute atomic E-state index is 6.25. The van der Waals surface area contributed by atoms with Crippen LogP contribution in [-0.4, -0.2) is 28.5 Å². The van der Waals surface area contributed by atoms with E-state index >= 15 is 0 Å². The average Bonchev–Trinajstić information content (AvgIpc) is 2.89. The van der Waals surface area contributed by atoms with Crippen molar-refractivity contribution in [3.05, 3.63) is 16.1 Å². The second kappa shape index (κ2) is 5.79. The number of nitrogens with one attached hydrogen (secondary N) is 1. The van der Waals surface area contributed by atoms with Crippen molar-refractivity contribution in [3.8, 4) is 0 Å². The van der Waals surface area contributed by atoms with Crippen LogP contribution in [0.4, 0.5) is 5.69 Å².